The first kappa shape index (κ1) is 16.9. The number of nitrogens with zero attached hydrogens (tertiary/aromatic N) is 2. The average molecular weight is 402 g/mol. The van der Waals surface area contributed by atoms with Gasteiger partial charge in [-0.05, 0) is 23.6 Å². The Morgan fingerprint density at radius 3 is 2.85 bits per heavy atom. The highest BCUT2D eigenvalue weighted by atomic mass is 127. The van der Waals surface area contributed by atoms with Crippen LogP contribution in [0.5, 0.6) is 0 Å². The summed E-state index contributed by atoms with van der Waals surface area (Å²) in [4.78, 5) is 9.89. The van der Waals surface area contributed by atoms with Gasteiger partial charge in [-0.3, -0.25) is 9.98 Å². The summed E-state index contributed by atoms with van der Waals surface area (Å²) in [6.45, 7) is 1.48. The van der Waals surface area contributed by atoms with Crippen molar-refractivity contribution in [3.63, 3.8) is 0 Å². The van der Waals surface area contributed by atoms with Gasteiger partial charge in [0.15, 0.2) is 5.96 Å². The van der Waals surface area contributed by atoms with Crippen molar-refractivity contribution in [3.05, 3.63) is 52.5 Å². The van der Waals surface area contributed by atoms with Crippen molar-refractivity contribution < 1.29 is 0 Å². The lowest BCUT2D eigenvalue weighted by molar-refractivity contribution is 0.826. The van der Waals surface area contributed by atoms with Gasteiger partial charge in [0.2, 0.25) is 0 Å². The molecular weight excluding hydrogens is 383 g/mol. The smallest absolute Gasteiger partial charge is 0.188 e. The van der Waals surface area contributed by atoms with Gasteiger partial charge in [-0.15, -0.1) is 35.3 Å². The largest absolute Gasteiger partial charge is 0.370 e. The topological polar surface area (TPSA) is 63.3 Å². The van der Waals surface area contributed by atoms with Gasteiger partial charge in [0, 0.05) is 42.7 Å². The van der Waals surface area contributed by atoms with E-state index in [0.29, 0.717) is 5.96 Å². The number of hydrogen-bond acceptors (Lipinski definition) is 3. The fourth-order valence-corrected chi connectivity index (χ4v) is 2.36. The minimum absolute atomic E-state index is 0. The van der Waals surface area contributed by atoms with Crippen LogP contribution < -0.4 is 11.1 Å². The lowest BCUT2D eigenvalue weighted by Crippen LogP contribution is -2.33. The summed E-state index contributed by atoms with van der Waals surface area (Å²) in [5.74, 6) is 0.507. The normalized spacial score (nSPS) is 10.9. The second-order valence-corrected chi connectivity index (χ2v) is 5.13. The first-order chi connectivity index (χ1) is 9.34. The van der Waals surface area contributed by atoms with Crippen molar-refractivity contribution in [1.82, 2.24) is 10.3 Å². The molecule has 6 heteroatoms. The van der Waals surface area contributed by atoms with Crippen LogP contribution in [0, 0.1) is 0 Å². The molecule has 3 N–H and O–H groups in total. The van der Waals surface area contributed by atoms with Crippen LogP contribution >= 0.6 is 35.3 Å². The quantitative estimate of drug-likeness (QED) is 0.443. The van der Waals surface area contributed by atoms with Crippen LogP contribution in [0.2, 0.25) is 0 Å². The van der Waals surface area contributed by atoms with Crippen LogP contribution in [0.15, 0.2) is 46.9 Å². The summed E-state index contributed by atoms with van der Waals surface area (Å²) in [7, 11) is 0. The molecule has 2 aromatic rings. The summed E-state index contributed by atoms with van der Waals surface area (Å²) >= 11 is 1.75. The minimum Gasteiger partial charge on any atom is -0.370 e. The standard InChI is InChI=1S/C14H18N4S.HI/c15-14(18-10-7-13-5-3-11-19-13)17-9-6-12-4-1-2-8-16-12;/h1-5,8,11H,6-7,9-10H2,(H3,15,17,18);1H. The Hall–Kier alpha value is -1.15. The second kappa shape index (κ2) is 9.71. The van der Waals surface area contributed by atoms with Gasteiger partial charge in [-0.1, -0.05) is 12.1 Å². The average Bonchev–Trinajstić information content (AvgIpc) is 2.93. The van der Waals surface area contributed by atoms with Crippen LogP contribution in [0.1, 0.15) is 10.6 Å². The monoisotopic (exact) mass is 402 g/mol. The number of nitrogens with two attached hydrogens (primary N) is 1. The molecule has 0 fully saturated rings. The van der Waals surface area contributed by atoms with Crippen molar-refractivity contribution in [2.75, 3.05) is 13.1 Å². The van der Waals surface area contributed by atoms with E-state index in [1.807, 2.05) is 18.2 Å². The highest BCUT2D eigenvalue weighted by Crippen LogP contribution is 2.08. The van der Waals surface area contributed by atoms with E-state index in [9.17, 15) is 0 Å². The van der Waals surface area contributed by atoms with Crippen LogP contribution in [0.25, 0.3) is 0 Å². The molecule has 0 aliphatic rings. The molecule has 20 heavy (non-hydrogen) atoms. The highest BCUT2D eigenvalue weighted by molar-refractivity contribution is 14.0. The van der Waals surface area contributed by atoms with Gasteiger partial charge in [-0.25, -0.2) is 0 Å². The lowest BCUT2D eigenvalue weighted by Gasteiger charge is -2.05. The number of rotatable bonds is 6. The zero-order chi connectivity index (χ0) is 13.3. The third-order valence-electron chi connectivity index (χ3n) is 2.63. The molecule has 0 aromatic carbocycles. The number of halogens is 1. The van der Waals surface area contributed by atoms with Gasteiger partial charge in [0.05, 0.1) is 0 Å². The lowest BCUT2D eigenvalue weighted by atomic mass is 10.3. The van der Waals surface area contributed by atoms with Crippen molar-refractivity contribution in [2.45, 2.75) is 12.8 Å². The fraction of sp³-hybridized carbons (Fsp3) is 0.286. The van der Waals surface area contributed by atoms with Crippen molar-refractivity contribution >= 4 is 41.3 Å². The number of nitrogens with one attached hydrogen (secondary N) is 1. The van der Waals surface area contributed by atoms with Gasteiger partial charge in [0.1, 0.15) is 0 Å². The Balaban J connectivity index is 0.00000200. The predicted molar refractivity (Wildman–Crippen MR) is 95.9 cm³/mol. The van der Waals surface area contributed by atoms with E-state index in [-0.39, 0.29) is 24.0 Å². The maximum absolute atomic E-state index is 5.80. The number of pyridine rings is 1. The molecule has 0 unspecified atom stereocenters. The molecule has 0 radical (unpaired) electrons. The molecule has 4 nitrogen and oxygen atoms in total. The number of aromatic nitrogens is 1. The van der Waals surface area contributed by atoms with Crippen LogP contribution in [0.4, 0.5) is 0 Å². The Morgan fingerprint density at radius 2 is 2.15 bits per heavy atom. The van der Waals surface area contributed by atoms with Gasteiger partial charge >= 0.3 is 0 Å². The molecule has 0 atom stereocenters. The minimum atomic E-state index is 0. The van der Waals surface area contributed by atoms with Crippen molar-refractivity contribution in [1.29, 1.82) is 0 Å². The number of thiophene rings is 1. The SMILES string of the molecule is I.NC(=NCCc1cccs1)NCCc1ccccn1. The van der Waals surface area contributed by atoms with E-state index in [4.69, 9.17) is 5.73 Å². The Kier molecular flexibility index (Phi) is 8.20. The molecule has 0 saturated heterocycles. The van der Waals surface area contributed by atoms with E-state index in [1.165, 1.54) is 4.88 Å². The van der Waals surface area contributed by atoms with E-state index < -0.39 is 0 Å². The Labute approximate surface area is 140 Å². The van der Waals surface area contributed by atoms with Crippen LogP contribution in [-0.4, -0.2) is 24.0 Å². The predicted octanol–water partition coefficient (Wildman–Crippen LogP) is 2.45. The van der Waals surface area contributed by atoms with E-state index >= 15 is 0 Å². The fourth-order valence-electron chi connectivity index (χ4n) is 1.66. The van der Waals surface area contributed by atoms with E-state index in [1.54, 1.807) is 17.5 Å². The molecule has 0 saturated carbocycles. The first-order valence-electron chi connectivity index (χ1n) is 6.30. The molecule has 0 aliphatic carbocycles. The molecule has 0 aliphatic heterocycles. The summed E-state index contributed by atoms with van der Waals surface area (Å²) < 4.78 is 0. The molecular formula is C14H19IN4S. The van der Waals surface area contributed by atoms with Gasteiger partial charge in [0.25, 0.3) is 0 Å². The van der Waals surface area contributed by atoms with Gasteiger partial charge < -0.3 is 11.1 Å². The number of guanidine groups is 1. The zero-order valence-corrected chi connectivity index (χ0v) is 14.3. The Morgan fingerprint density at radius 1 is 1.25 bits per heavy atom. The number of hydrogen-bond donors (Lipinski definition) is 2. The highest BCUT2D eigenvalue weighted by Gasteiger charge is 1.96. The third kappa shape index (κ3) is 6.33. The van der Waals surface area contributed by atoms with E-state index in [0.717, 1.165) is 31.6 Å². The molecule has 0 amide bonds. The van der Waals surface area contributed by atoms with Crippen molar-refractivity contribution in [2.24, 2.45) is 10.7 Å². The Bertz CT molecular complexity index is 499. The van der Waals surface area contributed by atoms with Crippen molar-refractivity contribution in [3.8, 4) is 0 Å². The first-order valence-corrected chi connectivity index (χ1v) is 7.18. The zero-order valence-electron chi connectivity index (χ0n) is 11.2. The van der Waals surface area contributed by atoms with Crippen LogP contribution in [-0.2, 0) is 12.8 Å². The summed E-state index contributed by atoms with van der Waals surface area (Å²) in [5, 5.41) is 5.18. The number of aliphatic imine (C=N–C) groups is 1. The molecule has 2 heterocycles. The molecule has 2 rings (SSSR count). The second-order valence-electron chi connectivity index (χ2n) is 4.09. The molecule has 2 aromatic heterocycles. The van der Waals surface area contributed by atoms with Gasteiger partial charge in [-0.2, -0.15) is 0 Å². The summed E-state index contributed by atoms with van der Waals surface area (Å²) in [6, 6.07) is 10.1. The summed E-state index contributed by atoms with van der Waals surface area (Å²) in [6.07, 6.45) is 3.59. The maximum atomic E-state index is 5.80. The third-order valence-corrected chi connectivity index (χ3v) is 3.57. The molecule has 108 valence electrons. The van der Waals surface area contributed by atoms with E-state index in [2.05, 4.69) is 32.8 Å². The molecule has 0 spiro atoms. The maximum Gasteiger partial charge on any atom is 0.188 e. The molecule has 0 bridgehead atoms. The van der Waals surface area contributed by atoms with Crippen LogP contribution in [0.3, 0.4) is 0 Å². The summed E-state index contributed by atoms with van der Waals surface area (Å²) in [5.41, 5.74) is 6.86.